The van der Waals surface area contributed by atoms with Gasteiger partial charge in [0, 0.05) is 18.4 Å². The van der Waals surface area contributed by atoms with Crippen LogP contribution in [0.5, 0.6) is 0 Å². The first kappa shape index (κ1) is 14.2. The van der Waals surface area contributed by atoms with Gasteiger partial charge in [-0.3, -0.25) is 0 Å². The molecular weight excluding hydrogens is 266 g/mol. The van der Waals surface area contributed by atoms with Gasteiger partial charge in [0.25, 0.3) is 0 Å². The van der Waals surface area contributed by atoms with Crippen LogP contribution in [0.3, 0.4) is 0 Å². The largest absolute Gasteiger partial charge is 0.345 e. The number of benzene rings is 3. The maximum absolute atomic E-state index is 2.19. The van der Waals surface area contributed by atoms with Gasteiger partial charge in [-0.2, -0.15) is 0 Å². The van der Waals surface area contributed by atoms with E-state index in [-0.39, 0.29) is 0 Å². The molecule has 3 aromatic rings. The Kier molecular flexibility index (Phi) is 4.35. The molecule has 0 saturated heterocycles. The summed E-state index contributed by atoms with van der Waals surface area (Å²) in [7, 11) is 2.09. The fourth-order valence-electron chi connectivity index (χ4n) is 2.37. The zero-order valence-corrected chi connectivity index (χ0v) is 12.7. The second kappa shape index (κ2) is 6.77. The highest BCUT2D eigenvalue weighted by Gasteiger charge is 2.02. The lowest BCUT2D eigenvalue weighted by Gasteiger charge is -2.19. The smallest absolute Gasteiger partial charge is 0.0408 e. The lowest BCUT2D eigenvalue weighted by Crippen LogP contribution is -2.08. The summed E-state index contributed by atoms with van der Waals surface area (Å²) in [5, 5.41) is 0. The minimum Gasteiger partial charge on any atom is -0.345 e. The zero-order valence-electron chi connectivity index (χ0n) is 12.7. The SMILES string of the molecule is CN(c1ccccc1)c1ccc(C=Cc2ccccc2)cc1. The predicted molar refractivity (Wildman–Crippen MR) is 96.3 cm³/mol. The standard InChI is InChI=1S/C21H19N/c1-22(20-10-6-3-7-11-20)21-16-14-19(15-17-21)13-12-18-8-4-2-5-9-18/h2-17H,1H3. The second-order valence-electron chi connectivity index (χ2n) is 5.23. The maximum atomic E-state index is 2.19. The molecule has 0 atom stereocenters. The Labute approximate surface area is 132 Å². The van der Waals surface area contributed by atoms with Crippen molar-refractivity contribution in [2.75, 3.05) is 11.9 Å². The molecule has 22 heavy (non-hydrogen) atoms. The van der Waals surface area contributed by atoms with Crippen molar-refractivity contribution in [3.63, 3.8) is 0 Å². The second-order valence-corrected chi connectivity index (χ2v) is 5.23. The Morgan fingerprint density at radius 2 is 1.00 bits per heavy atom. The average molecular weight is 285 g/mol. The summed E-state index contributed by atoms with van der Waals surface area (Å²) >= 11 is 0. The van der Waals surface area contributed by atoms with Crippen LogP contribution < -0.4 is 4.90 Å². The molecule has 0 heterocycles. The molecule has 1 heteroatoms. The van der Waals surface area contributed by atoms with Crippen LogP contribution in [0.1, 0.15) is 11.1 Å². The Morgan fingerprint density at radius 1 is 0.545 bits per heavy atom. The monoisotopic (exact) mass is 285 g/mol. The Morgan fingerprint density at radius 3 is 1.59 bits per heavy atom. The van der Waals surface area contributed by atoms with E-state index >= 15 is 0 Å². The quantitative estimate of drug-likeness (QED) is 0.562. The highest BCUT2D eigenvalue weighted by molar-refractivity contribution is 5.71. The van der Waals surface area contributed by atoms with Crippen LogP contribution in [0, 0.1) is 0 Å². The van der Waals surface area contributed by atoms with Crippen molar-refractivity contribution < 1.29 is 0 Å². The molecule has 0 spiro atoms. The van der Waals surface area contributed by atoms with Gasteiger partial charge in [-0.05, 0) is 35.4 Å². The van der Waals surface area contributed by atoms with Crippen LogP contribution in [0.25, 0.3) is 12.2 Å². The van der Waals surface area contributed by atoms with Gasteiger partial charge in [0.2, 0.25) is 0 Å². The third kappa shape index (κ3) is 3.44. The van der Waals surface area contributed by atoms with Gasteiger partial charge in [-0.25, -0.2) is 0 Å². The summed E-state index contributed by atoms with van der Waals surface area (Å²) in [5.74, 6) is 0. The molecule has 0 amide bonds. The van der Waals surface area contributed by atoms with E-state index < -0.39 is 0 Å². The number of rotatable bonds is 4. The molecule has 0 N–H and O–H groups in total. The van der Waals surface area contributed by atoms with Gasteiger partial charge in [0.15, 0.2) is 0 Å². The van der Waals surface area contributed by atoms with Crippen LogP contribution in [-0.4, -0.2) is 7.05 Å². The summed E-state index contributed by atoms with van der Waals surface area (Å²) in [6.07, 6.45) is 4.28. The summed E-state index contributed by atoms with van der Waals surface area (Å²) in [4.78, 5) is 2.19. The lowest BCUT2D eigenvalue weighted by molar-refractivity contribution is 1.21. The Balaban J connectivity index is 1.74. The highest BCUT2D eigenvalue weighted by atomic mass is 15.1. The number of nitrogens with zero attached hydrogens (tertiary/aromatic N) is 1. The molecule has 0 unspecified atom stereocenters. The highest BCUT2D eigenvalue weighted by Crippen LogP contribution is 2.23. The fraction of sp³-hybridized carbons (Fsp3) is 0.0476. The van der Waals surface area contributed by atoms with Gasteiger partial charge < -0.3 is 4.90 Å². The van der Waals surface area contributed by atoms with Gasteiger partial charge in [0.05, 0.1) is 0 Å². The Hall–Kier alpha value is -2.80. The van der Waals surface area contributed by atoms with Crippen LogP contribution in [0.2, 0.25) is 0 Å². The lowest BCUT2D eigenvalue weighted by atomic mass is 10.1. The third-order valence-electron chi connectivity index (χ3n) is 3.69. The van der Waals surface area contributed by atoms with Gasteiger partial charge in [-0.15, -0.1) is 0 Å². The van der Waals surface area contributed by atoms with E-state index in [2.05, 4.69) is 96.9 Å². The number of para-hydroxylation sites is 1. The summed E-state index contributed by atoms with van der Waals surface area (Å²) in [6.45, 7) is 0. The minimum atomic E-state index is 1.18. The molecule has 0 bridgehead atoms. The molecule has 108 valence electrons. The molecule has 0 aliphatic rings. The molecule has 1 nitrogen and oxygen atoms in total. The van der Waals surface area contributed by atoms with Crippen LogP contribution in [0.15, 0.2) is 84.9 Å². The molecule has 0 saturated carbocycles. The van der Waals surface area contributed by atoms with E-state index in [0.717, 1.165) is 0 Å². The molecule has 0 aliphatic heterocycles. The molecule has 0 aliphatic carbocycles. The molecule has 3 rings (SSSR count). The molecular formula is C21H19N. The first-order valence-electron chi connectivity index (χ1n) is 7.45. The number of hydrogen-bond acceptors (Lipinski definition) is 1. The molecule has 3 aromatic carbocycles. The average Bonchev–Trinajstić information content (AvgIpc) is 2.61. The zero-order chi connectivity index (χ0) is 15.2. The normalized spacial score (nSPS) is 10.8. The van der Waals surface area contributed by atoms with Crippen molar-refractivity contribution in [3.05, 3.63) is 96.1 Å². The third-order valence-corrected chi connectivity index (χ3v) is 3.69. The predicted octanol–water partition coefficient (Wildman–Crippen LogP) is 5.62. The Bertz CT molecular complexity index is 728. The van der Waals surface area contributed by atoms with Gasteiger partial charge in [-0.1, -0.05) is 72.8 Å². The molecule has 0 fully saturated rings. The van der Waals surface area contributed by atoms with Crippen LogP contribution in [-0.2, 0) is 0 Å². The van der Waals surface area contributed by atoms with Crippen molar-refractivity contribution in [1.82, 2.24) is 0 Å². The van der Waals surface area contributed by atoms with Crippen LogP contribution in [0.4, 0.5) is 11.4 Å². The number of anilines is 2. The first-order valence-corrected chi connectivity index (χ1v) is 7.45. The van der Waals surface area contributed by atoms with E-state index in [9.17, 15) is 0 Å². The maximum Gasteiger partial charge on any atom is 0.0408 e. The summed E-state index contributed by atoms with van der Waals surface area (Å²) in [6, 6.07) is 29.3. The van der Waals surface area contributed by atoms with E-state index in [1.807, 2.05) is 12.1 Å². The van der Waals surface area contributed by atoms with Crippen molar-refractivity contribution >= 4 is 23.5 Å². The van der Waals surface area contributed by atoms with Crippen molar-refractivity contribution in [3.8, 4) is 0 Å². The van der Waals surface area contributed by atoms with E-state index in [1.54, 1.807) is 0 Å². The summed E-state index contributed by atoms with van der Waals surface area (Å²) in [5.41, 5.74) is 4.79. The van der Waals surface area contributed by atoms with E-state index in [0.29, 0.717) is 0 Å². The van der Waals surface area contributed by atoms with Crippen LogP contribution >= 0.6 is 0 Å². The fourth-order valence-corrected chi connectivity index (χ4v) is 2.37. The molecule has 0 aromatic heterocycles. The minimum absolute atomic E-state index is 1.18. The van der Waals surface area contributed by atoms with E-state index in [1.165, 1.54) is 22.5 Å². The topological polar surface area (TPSA) is 3.24 Å². The van der Waals surface area contributed by atoms with Gasteiger partial charge in [0.1, 0.15) is 0 Å². The van der Waals surface area contributed by atoms with E-state index in [4.69, 9.17) is 0 Å². The molecule has 0 radical (unpaired) electrons. The summed E-state index contributed by atoms with van der Waals surface area (Å²) < 4.78 is 0. The number of hydrogen-bond donors (Lipinski definition) is 0. The van der Waals surface area contributed by atoms with Crippen molar-refractivity contribution in [1.29, 1.82) is 0 Å². The van der Waals surface area contributed by atoms with Crippen molar-refractivity contribution in [2.24, 2.45) is 0 Å². The van der Waals surface area contributed by atoms with Crippen molar-refractivity contribution in [2.45, 2.75) is 0 Å². The first-order chi connectivity index (χ1) is 10.8. The van der Waals surface area contributed by atoms with Gasteiger partial charge >= 0.3 is 0 Å².